The van der Waals surface area contributed by atoms with Crippen molar-refractivity contribution in [1.82, 2.24) is 9.47 Å². The summed E-state index contributed by atoms with van der Waals surface area (Å²) in [4.78, 5) is 27.3. The fourth-order valence-electron chi connectivity index (χ4n) is 4.50. The molecule has 158 valence electrons. The van der Waals surface area contributed by atoms with E-state index in [2.05, 4.69) is 0 Å². The standard InChI is InChI=1S/C20H22ClF3N2O2S/c21-15-4-3-12(9-14(15)20(22,23)24)13-11-29-16-5-8-26(19(28)18(13)16)10-17(27)25-6-1-2-7-25/h5,8,11-12,14-15H,1-4,6-7,9-10H2. The van der Waals surface area contributed by atoms with Gasteiger partial charge in [0.15, 0.2) is 0 Å². The molecule has 9 heteroatoms. The third-order valence-corrected chi connectivity index (χ3v) is 7.61. The molecular formula is C20H22ClF3N2O2S. The zero-order valence-corrected chi connectivity index (χ0v) is 17.3. The van der Waals surface area contributed by atoms with Crippen LogP contribution >= 0.6 is 22.9 Å². The summed E-state index contributed by atoms with van der Waals surface area (Å²) in [7, 11) is 0. The molecule has 0 N–H and O–H groups in total. The number of halogens is 4. The van der Waals surface area contributed by atoms with E-state index >= 15 is 0 Å². The molecule has 2 fully saturated rings. The van der Waals surface area contributed by atoms with Crippen LogP contribution in [-0.4, -0.2) is 40.0 Å². The highest BCUT2D eigenvalue weighted by molar-refractivity contribution is 7.17. The van der Waals surface area contributed by atoms with Crippen LogP contribution in [0.5, 0.6) is 0 Å². The lowest BCUT2D eigenvalue weighted by Gasteiger charge is -2.34. The van der Waals surface area contributed by atoms with Crippen LogP contribution in [0.2, 0.25) is 0 Å². The summed E-state index contributed by atoms with van der Waals surface area (Å²) >= 11 is 7.32. The molecule has 3 heterocycles. The van der Waals surface area contributed by atoms with Crippen molar-refractivity contribution in [2.75, 3.05) is 13.1 Å². The molecule has 3 unspecified atom stereocenters. The Kier molecular flexibility index (Phi) is 5.68. The number of hydrogen-bond donors (Lipinski definition) is 0. The second-order valence-electron chi connectivity index (χ2n) is 7.94. The monoisotopic (exact) mass is 446 g/mol. The third-order valence-electron chi connectivity index (χ3n) is 6.12. The van der Waals surface area contributed by atoms with Crippen LogP contribution in [0.4, 0.5) is 13.2 Å². The molecular weight excluding hydrogens is 425 g/mol. The summed E-state index contributed by atoms with van der Waals surface area (Å²) in [5, 5.41) is 1.32. The lowest BCUT2D eigenvalue weighted by atomic mass is 9.77. The number of hydrogen-bond acceptors (Lipinski definition) is 3. The molecule has 1 amide bonds. The summed E-state index contributed by atoms with van der Waals surface area (Å²) in [6.45, 7) is 1.38. The van der Waals surface area contributed by atoms with Gasteiger partial charge in [-0.2, -0.15) is 13.2 Å². The third kappa shape index (κ3) is 4.06. The number of likely N-dealkylation sites (tertiary alicyclic amines) is 1. The summed E-state index contributed by atoms with van der Waals surface area (Å²) in [6, 6.07) is 1.77. The molecule has 29 heavy (non-hydrogen) atoms. The van der Waals surface area contributed by atoms with Gasteiger partial charge in [-0.1, -0.05) is 0 Å². The second-order valence-corrected chi connectivity index (χ2v) is 9.41. The van der Waals surface area contributed by atoms with E-state index in [9.17, 15) is 22.8 Å². The predicted octanol–water partition coefficient (Wildman–Crippen LogP) is 4.74. The first-order valence-electron chi connectivity index (χ1n) is 9.85. The number of aromatic nitrogens is 1. The summed E-state index contributed by atoms with van der Waals surface area (Å²) in [6.07, 6.45) is -0.122. The number of thiophene rings is 1. The van der Waals surface area contributed by atoms with Crippen LogP contribution in [0.3, 0.4) is 0 Å². The van der Waals surface area contributed by atoms with Crippen molar-refractivity contribution in [2.45, 2.75) is 56.1 Å². The minimum absolute atomic E-state index is 0.0380. The van der Waals surface area contributed by atoms with Gasteiger partial charge in [0, 0.05) is 29.4 Å². The lowest BCUT2D eigenvalue weighted by Crippen LogP contribution is -2.36. The number of pyridine rings is 1. The van der Waals surface area contributed by atoms with Gasteiger partial charge >= 0.3 is 6.18 Å². The summed E-state index contributed by atoms with van der Waals surface area (Å²) in [5.74, 6) is -2.02. The van der Waals surface area contributed by atoms with Crippen molar-refractivity contribution in [3.8, 4) is 0 Å². The van der Waals surface area contributed by atoms with Crippen LogP contribution in [-0.2, 0) is 11.3 Å². The number of rotatable bonds is 3. The Labute approximate surface area is 175 Å². The Morgan fingerprint density at radius 3 is 2.66 bits per heavy atom. The van der Waals surface area contributed by atoms with Gasteiger partial charge in [0.1, 0.15) is 6.54 Å². The highest BCUT2D eigenvalue weighted by Crippen LogP contribution is 2.47. The Morgan fingerprint density at radius 2 is 1.97 bits per heavy atom. The van der Waals surface area contributed by atoms with Gasteiger partial charge < -0.3 is 9.47 Å². The second kappa shape index (κ2) is 7.95. The van der Waals surface area contributed by atoms with Crippen LogP contribution in [0.15, 0.2) is 22.4 Å². The fraction of sp³-hybridized carbons (Fsp3) is 0.600. The van der Waals surface area contributed by atoms with E-state index in [0.29, 0.717) is 30.5 Å². The predicted molar refractivity (Wildman–Crippen MR) is 108 cm³/mol. The largest absolute Gasteiger partial charge is 0.393 e. The van der Waals surface area contributed by atoms with Crippen LogP contribution in [0, 0.1) is 5.92 Å². The highest BCUT2D eigenvalue weighted by Gasteiger charge is 2.47. The van der Waals surface area contributed by atoms with Gasteiger partial charge in [-0.15, -0.1) is 22.9 Å². The van der Waals surface area contributed by atoms with Crippen molar-refractivity contribution < 1.29 is 18.0 Å². The zero-order valence-electron chi connectivity index (χ0n) is 15.8. The van der Waals surface area contributed by atoms with E-state index in [1.165, 1.54) is 15.9 Å². The van der Waals surface area contributed by atoms with Crippen LogP contribution < -0.4 is 5.56 Å². The molecule has 0 aromatic carbocycles. The average molecular weight is 447 g/mol. The fourth-order valence-corrected chi connectivity index (χ4v) is 5.90. The van der Waals surface area contributed by atoms with E-state index in [4.69, 9.17) is 11.6 Å². The first-order chi connectivity index (χ1) is 13.8. The highest BCUT2D eigenvalue weighted by atomic mass is 35.5. The van der Waals surface area contributed by atoms with Gasteiger partial charge in [0.05, 0.1) is 11.3 Å². The Balaban J connectivity index is 1.64. The Bertz CT molecular complexity index is 965. The molecule has 1 aliphatic carbocycles. The Morgan fingerprint density at radius 1 is 1.24 bits per heavy atom. The molecule has 1 saturated heterocycles. The first-order valence-corrected chi connectivity index (χ1v) is 11.2. The average Bonchev–Trinajstić information content (AvgIpc) is 3.33. The minimum Gasteiger partial charge on any atom is -0.341 e. The van der Waals surface area contributed by atoms with Crippen LogP contribution in [0.25, 0.3) is 10.1 Å². The quantitative estimate of drug-likeness (QED) is 0.639. The molecule has 4 nitrogen and oxygen atoms in total. The van der Waals surface area contributed by atoms with Crippen molar-refractivity contribution in [1.29, 1.82) is 0 Å². The van der Waals surface area contributed by atoms with Gasteiger partial charge in [-0.3, -0.25) is 9.59 Å². The smallest absolute Gasteiger partial charge is 0.341 e. The normalized spacial score (nSPS) is 25.7. The minimum atomic E-state index is -4.35. The lowest BCUT2D eigenvalue weighted by molar-refractivity contribution is -0.181. The van der Waals surface area contributed by atoms with Gasteiger partial charge in [-0.05, 0) is 55.0 Å². The van der Waals surface area contributed by atoms with Gasteiger partial charge in [0.2, 0.25) is 5.91 Å². The molecule has 2 aromatic heterocycles. The molecule has 1 saturated carbocycles. The van der Waals surface area contributed by atoms with Crippen LogP contribution in [0.1, 0.15) is 43.6 Å². The summed E-state index contributed by atoms with van der Waals surface area (Å²) < 4.78 is 42.2. The maximum atomic E-state index is 13.4. The van der Waals surface area contributed by atoms with E-state index in [1.54, 1.807) is 22.5 Å². The molecule has 1 aliphatic heterocycles. The van der Waals surface area contributed by atoms with E-state index < -0.39 is 17.5 Å². The van der Waals surface area contributed by atoms with E-state index in [1.807, 2.05) is 0 Å². The molecule has 2 aliphatic rings. The number of alkyl halides is 4. The maximum Gasteiger partial charge on any atom is 0.393 e. The van der Waals surface area contributed by atoms with Crippen molar-refractivity contribution in [3.05, 3.63) is 33.6 Å². The molecule has 0 spiro atoms. The van der Waals surface area contributed by atoms with E-state index in [-0.39, 0.29) is 36.8 Å². The van der Waals surface area contributed by atoms with Gasteiger partial charge in [-0.25, -0.2) is 0 Å². The number of fused-ring (bicyclic) bond motifs is 1. The molecule has 0 bridgehead atoms. The number of nitrogens with zero attached hydrogens (tertiary/aromatic N) is 2. The molecule has 2 aromatic rings. The molecule has 3 atom stereocenters. The summed E-state index contributed by atoms with van der Waals surface area (Å²) in [5.41, 5.74) is 0.360. The van der Waals surface area contributed by atoms with E-state index in [0.717, 1.165) is 17.5 Å². The first kappa shape index (κ1) is 20.7. The zero-order chi connectivity index (χ0) is 20.8. The van der Waals surface area contributed by atoms with Crippen molar-refractivity contribution in [2.24, 2.45) is 5.92 Å². The SMILES string of the molecule is O=C(Cn1ccc2scc(C3CCC(Cl)C(C(F)(F)F)C3)c2c1=O)N1CCCC1. The van der Waals surface area contributed by atoms with Crippen molar-refractivity contribution >= 4 is 38.9 Å². The topological polar surface area (TPSA) is 42.3 Å². The number of amides is 1. The Hall–Kier alpha value is -1.54. The number of carbonyl (C=O) groups is 1. The maximum absolute atomic E-state index is 13.4. The van der Waals surface area contributed by atoms with Gasteiger partial charge in [0.25, 0.3) is 5.56 Å². The van der Waals surface area contributed by atoms with Crippen molar-refractivity contribution in [3.63, 3.8) is 0 Å². The molecule has 0 radical (unpaired) electrons. The molecule has 4 rings (SSSR count). The number of carbonyl (C=O) groups excluding carboxylic acids is 1.